The van der Waals surface area contributed by atoms with Gasteiger partial charge in [0.15, 0.2) is 0 Å². The van der Waals surface area contributed by atoms with Gasteiger partial charge in [-0.2, -0.15) is 0 Å². The highest BCUT2D eigenvalue weighted by molar-refractivity contribution is 8.36. The van der Waals surface area contributed by atoms with Crippen LogP contribution in [0.15, 0.2) is 142 Å². The van der Waals surface area contributed by atoms with Gasteiger partial charge in [-0.3, -0.25) is 0 Å². The predicted octanol–water partition coefficient (Wildman–Crippen LogP) is 7.22. The summed E-state index contributed by atoms with van der Waals surface area (Å²) in [5.74, 6) is 0. The van der Waals surface area contributed by atoms with E-state index in [1.807, 2.05) is 12.2 Å². The lowest BCUT2D eigenvalue weighted by atomic mass is 10.4. The first-order chi connectivity index (χ1) is 12.4. The van der Waals surface area contributed by atoms with Gasteiger partial charge in [-0.15, -0.1) is 10.0 Å². The zero-order valence-electron chi connectivity index (χ0n) is 14.2. The minimum atomic E-state index is -1.48. The topological polar surface area (TPSA) is 0 Å². The second kappa shape index (κ2) is 8.36. The average molecular weight is 343 g/mol. The van der Waals surface area contributed by atoms with Crippen molar-refractivity contribution in [3.8, 4) is 0 Å². The average Bonchev–Trinajstić information content (AvgIpc) is 2.70. The molecule has 0 atom stereocenters. The minimum absolute atomic E-state index is 1.33. The normalized spacial score (nSPS) is 12.5. The molecular weight excluding hydrogens is 320 g/mol. The van der Waals surface area contributed by atoms with Crippen LogP contribution in [-0.2, 0) is 0 Å². The van der Waals surface area contributed by atoms with Crippen molar-refractivity contribution in [1.82, 2.24) is 0 Å². The fourth-order valence-corrected chi connectivity index (χ4v) is 6.23. The third-order valence-corrected chi connectivity index (χ3v) is 7.60. The largest absolute Gasteiger partial charge is 0.140 e. The summed E-state index contributed by atoms with van der Waals surface area (Å²) in [7, 11) is -1.48. The van der Waals surface area contributed by atoms with Crippen LogP contribution in [0.25, 0.3) is 0 Å². The van der Waals surface area contributed by atoms with E-state index in [1.54, 1.807) is 6.08 Å². The Bertz CT molecular complexity index is 750. The van der Waals surface area contributed by atoms with Gasteiger partial charge in [-0.25, -0.2) is 0 Å². The number of rotatable bonds is 6. The van der Waals surface area contributed by atoms with Crippen LogP contribution < -0.4 is 0 Å². The highest BCUT2D eigenvalue weighted by atomic mass is 32.3. The molecule has 0 bridgehead atoms. The Morgan fingerprint density at radius 1 is 0.520 bits per heavy atom. The molecule has 0 saturated carbocycles. The maximum atomic E-state index is 3.76. The minimum Gasteiger partial charge on any atom is -0.140 e. The van der Waals surface area contributed by atoms with Crippen LogP contribution in [0.3, 0.4) is 0 Å². The van der Waals surface area contributed by atoms with Gasteiger partial charge in [0.1, 0.15) is 0 Å². The number of hydrogen-bond acceptors (Lipinski definition) is 0. The molecule has 0 radical (unpaired) electrons. The summed E-state index contributed by atoms with van der Waals surface area (Å²) in [4.78, 5) is 3.99. The lowest BCUT2D eigenvalue weighted by Gasteiger charge is -2.38. The van der Waals surface area contributed by atoms with Gasteiger partial charge in [0.05, 0.1) is 0 Å². The third kappa shape index (κ3) is 3.67. The van der Waals surface area contributed by atoms with Crippen molar-refractivity contribution in [2.24, 2.45) is 0 Å². The Labute approximate surface area is 152 Å². The Kier molecular flexibility index (Phi) is 5.71. The molecule has 0 saturated heterocycles. The molecule has 0 heterocycles. The quantitative estimate of drug-likeness (QED) is 0.415. The van der Waals surface area contributed by atoms with Crippen LogP contribution in [0.1, 0.15) is 0 Å². The highest BCUT2D eigenvalue weighted by Gasteiger charge is 2.27. The molecule has 3 rings (SSSR count). The van der Waals surface area contributed by atoms with Gasteiger partial charge in [-0.1, -0.05) is 85.5 Å². The lowest BCUT2D eigenvalue weighted by Crippen LogP contribution is -2.00. The summed E-state index contributed by atoms with van der Waals surface area (Å²) in [6.07, 6.45) is 7.95. The van der Waals surface area contributed by atoms with Crippen molar-refractivity contribution in [2.45, 2.75) is 14.7 Å². The molecule has 3 aromatic carbocycles. The van der Waals surface area contributed by atoms with Crippen molar-refractivity contribution in [3.05, 3.63) is 127 Å². The van der Waals surface area contributed by atoms with E-state index < -0.39 is 10.0 Å². The van der Waals surface area contributed by atoms with E-state index in [4.69, 9.17) is 0 Å². The Balaban J connectivity index is 2.29. The van der Waals surface area contributed by atoms with E-state index in [0.29, 0.717) is 0 Å². The van der Waals surface area contributed by atoms with Crippen molar-refractivity contribution in [1.29, 1.82) is 0 Å². The van der Waals surface area contributed by atoms with Gasteiger partial charge in [-0.05, 0) is 41.8 Å². The molecule has 0 N–H and O–H groups in total. The van der Waals surface area contributed by atoms with E-state index in [0.717, 1.165) is 0 Å². The fourth-order valence-electron chi connectivity index (χ4n) is 2.86. The second-order valence-electron chi connectivity index (χ2n) is 5.55. The number of benzene rings is 3. The SMILES string of the molecule is C=C/C=C\C=C\S(c1ccccc1)(c1ccccc1)c1ccccc1. The number of allylic oxidation sites excluding steroid dienone is 4. The number of hydrogen-bond donors (Lipinski definition) is 0. The zero-order chi connectivity index (χ0) is 17.4. The van der Waals surface area contributed by atoms with Crippen LogP contribution in [0, 0.1) is 0 Å². The van der Waals surface area contributed by atoms with Crippen molar-refractivity contribution in [2.75, 3.05) is 0 Å². The molecule has 25 heavy (non-hydrogen) atoms. The first-order valence-electron chi connectivity index (χ1n) is 8.32. The van der Waals surface area contributed by atoms with Gasteiger partial charge in [0.2, 0.25) is 0 Å². The van der Waals surface area contributed by atoms with Crippen LogP contribution in [0.5, 0.6) is 0 Å². The lowest BCUT2D eigenvalue weighted by molar-refractivity contribution is 1.30. The summed E-state index contributed by atoms with van der Waals surface area (Å²) in [5, 5.41) is 2.35. The standard InChI is InChI=1S/C24H22S/c1-2-3-4-14-21-25(22-15-8-5-9-16-22,23-17-10-6-11-18-23)24-19-12-7-13-20-24/h2-21H,1H2/b4-3-,21-14+. The Morgan fingerprint density at radius 2 is 0.920 bits per heavy atom. The van der Waals surface area contributed by atoms with E-state index in [1.165, 1.54) is 14.7 Å². The molecule has 3 aromatic rings. The van der Waals surface area contributed by atoms with Crippen molar-refractivity contribution >= 4 is 10.0 Å². The Hall–Kier alpha value is -2.77. The summed E-state index contributed by atoms with van der Waals surface area (Å²) in [5.41, 5.74) is 0. The third-order valence-electron chi connectivity index (χ3n) is 3.99. The molecule has 0 fully saturated rings. The molecule has 0 aliphatic heterocycles. The van der Waals surface area contributed by atoms with Crippen molar-refractivity contribution < 1.29 is 0 Å². The smallest absolute Gasteiger partial charge is 0.00174 e. The predicted molar refractivity (Wildman–Crippen MR) is 110 cm³/mol. The first kappa shape index (κ1) is 17.1. The molecule has 1 heteroatoms. The van der Waals surface area contributed by atoms with E-state index >= 15 is 0 Å². The van der Waals surface area contributed by atoms with Crippen LogP contribution in [-0.4, -0.2) is 0 Å². The molecule has 0 aliphatic carbocycles. The molecule has 0 amide bonds. The summed E-state index contributed by atoms with van der Waals surface area (Å²) >= 11 is 0. The molecule has 124 valence electrons. The van der Waals surface area contributed by atoms with Gasteiger partial charge < -0.3 is 0 Å². The molecular formula is C24H22S. The fraction of sp³-hybridized carbons (Fsp3) is 0. The first-order valence-corrected chi connectivity index (χ1v) is 10.0. The zero-order valence-corrected chi connectivity index (χ0v) is 15.0. The summed E-state index contributed by atoms with van der Waals surface area (Å²) < 4.78 is 0. The van der Waals surface area contributed by atoms with Gasteiger partial charge in [0.25, 0.3) is 0 Å². The molecule has 0 unspecified atom stereocenters. The van der Waals surface area contributed by atoms with Crippen molar-refractivity contribution in [3.63, 3.8) is 0 Å². The highest BCUT2D eigenvalue weighted by Crippen LogP contribution is 2.69. The maximum absolute atomic E-state index is 3.76. The van der Waals surface area contributed by atoms with E-state index in [9.17, 15) is 0 Å². The van der Waals surface area contributed by atoms with Gasteiger partial charge >= 0.3 is 0 Å². The van der Waals surface area contributed by atoms with Gasteiger partial charge in [0, 0.05) is 14.7 Å². The van der Waals surface area contributed by atoms with Crippen LogP contribution in [0.2, 0.25) is 0 Å². The molecule has 0 spiro atoms. The summed E-state index contributed by atoms with van der Waals surface area (Å²) in [6, 6.07) is 32.3. The molecule has 0 aliphatic rings. The second-order valence-corrected chi connectivity index (χ2v) is 8.55. The van der Waals surface area contributed by atoms with Crippen LogP contribution >= 0.6 is 10.0 Å². The van der Waals surface area contributed by atoms with Crippen LogP contribution in [0.4, 0.5) is 0 Å². The Morgan fingerprint density at radius 3 is 1.28 bits per heavy atom. The maximum Gasteiger partial charge on any atom is 0.00174 e. The molecule has 0 aromatic heterocycles. The van der Waals surface area contributed by atoms with E-state index in [2.05, 4.69) is 109 Å². The summed E-state index contributed by atoms with van der Waals surface area (Å²) in [6.45, 7) is 3.76. The monoisotopic (exact) mass is 342 g/mol. The van der Waals surface area contributed by atoms with E-state index in [-0.39, 0.29) is 0 Å². The molecule has 0 nitrogen and oxygen atoms in total.